The summed E-state index contributed by atoms with van der Waals surface area (Å²) in [5, 5.41) is 5.50. The first-order valence-electron chi connectivity index (χ1n) is 7.92. The molecule has 0 amide bonds. The maximum absolute atomic E-state index is 11.6. The lowest BCUT2D eigenvalue weighted by Gasteiger charge is -2.16. The minimum atomic E-state index is -2.95. The minimum Gasteiger partial charge on any atom is -0.493 e. The Balaban J connectivity index is 1.78. The number of ether oxygens (including phenoxy) is 2. The summed E-state index contributed by atoms with van der Waals surface area (Å²) in [6.07, 6.45) is 3.24. The van der Waals surface area contributed by atoms with Crippen LogP contribution < -0.4 is 14.8 Å². The second kappa shape index (κ2) is 6.16. The summed E-state index contributed by atoms with van der Waals surface area (Å²) < 4.78 is 33.8. The minimum absolute atomic E-state index is 0.0971. The highest BCUT2D eigenvalue weighted by Gasteiger charge is 2.44. The van der Waals surface area contributed by atoms with Gasteiger partial charge in [-0.3, -0.25) is 0 Å². The van der Waals surface area contributed by atoms with E-state index >= 15 is 0 Å². The summed E-state index contributed by atoms with van der Waals surface area (Å²) in [6, 6.07) is 9.97. The zero-order valence-corrected chi connectivity index (χ0v) is 15.1. The lowest BCUT2D eigenvalue weighted by atomic mass is 10.1. The fraction of sp³-hybridized carbons (Fsp3) is 0.444. The molecule has 0 spiro atoms. The van der Waals surface area contributed by atoms with Crippen LogP contribution >= 0.6 is 0 Å². The molecule has 1 N–H and O–H groups in total. The standard InChI is InChI=1S/C18H23NO4S/c1-22-16-9-13-4-5-15(8-14(13)10-17(16)23-2)19-11-18(6-7-18)12-24(3,20)21/h4-5,8-10,19H,6-7,11-12H2,1-3H3. The van der Waals surface area contributed by atoms with Gasteiger partial charge in [0.1, 0.15) is 9.84 Å². The van der Waals surface area contributed by atoms with Crippen molar-refractivity contribution in [3.8, 4) is 11.5 Å². The average molecular weight is 349 g/mol. The Morgan fingerprint density at radius 3 is 2.21 bits per heavy atom. The van der Waals surface area contributed by atoms with Gasteiger partial charge in [-0.15, -0.1) is 0 Å². The quantitative estimate of drug-likeness (QED) is 0.832. The van der Waals surface area contributed by atoms with Crippen molar-refractivity contribution in [2.75, 3.05) is 38.1 Å². The van der Waals surface area contributed by atoms with Gasteiger partial charge in [0.2, 0.25) is 0 Å². The van der Waals surface area contributed by atoms with E-state index in [-0.39, 0.29) is 11.2 Å². The fourth-order valence-corrected chi connectivity index (χ4v) is 4.58. The predicted molar refractivity (Wildman–Crippen MR) is 96.9 cm³/mol. The van der Waals surface area contributed by atoms with Crippen LogP contribution in [0.3, 0.4) is 0 Å². The first-order valence-corrected chi connectivity index (χ1v) is 9.98. The molecule has 5 nitrogen and oxygen atoms in total. The zero-order valence-electron chi connectivity index (χ0n) is 14.3. The molecule has 130 valence electrons. The van der Waals surface area contributed by atoms with Gasteiger partial charge in [0, 0.05) is 23.9 Å². The maximum atomic E-state index is 11.6. The van der Waals surface area contributed by atoms with Crippen molar-refractivity contribution >= 4 is 26.3 Å². The molecule has 2 aromatic rings. The van der Waals surface area contributed by atoms with E-state index in [1.165, 1.54) is 6.26 Å². The third-order valence-electron chi connectivity index (χ3n) is 4.54. The number of nitrogens with one attached hydrogen (secondary N) is 1. The van der Waals surface area contributed by atoms with E-state index in [1.807, 2.05) is 30.3 Å². The van der Waals surface area contributed by atoms with Gasteiger partial charge in [-0.25, -0.2) is 8.42 Å². The summed E-state index contributed by atoms with van der Waals surface area (Å²) in [7, 11) is 0.295. The van der Waals surface area contributed by atoms with Gasteiger partial charge in [-0.2, -0.15) is 0 Å². The van der Waals surface area contributed by atoms with Crippen LogP contribution in [0.15, 0.2) is 30.3 Å². The van der Waals surface area contributed by atoms with Gasteiger partial charge in [0.05, 0.1) is 20.0 Å². The molecular weight excluding hydrogens is 326 g/mol. The maximum Gasteiger partial charge on any atom is 0.161 e. The van der Waals surface area contributed by atoms with Crippen LogP contribution in [0.1, 0.15) is 12.8 Å². The molecule has 0 atom stereocenters. The highest BCUT2D eigenvalue weighted by molar-refractivity contribution is 7.90. The summed E-state index contributed by atoms with van der Waals surface area (Å²) >= 11 is 0. The van der Waals surface area contributed by atoms with Crippen LogP contribution in [-0.2, 0) is 9.84 Å². The lowest BCUT2D eigenvalue weighted by Crippen LogP contribution is -2.24. The van der Waals surface area contributed by atoms with E-state index in [4.69, 9.17) is 9.47 Å². The SMILES string of the molecule is COc1cc2ccc(NCC3(CS(C)(=O)=O)CC3)cc2cc1OC. The molecule has 24 heavy (non-hydrogen) atoms. The number of methoxy groups -OCH3 is 2. The van der Waals surface area contributed by atoms with Crippen LogP contribution in [0, 0.1) is 5.41 Å². The summed E-state index contributed by atoms with van der Waals surface area (Å²) in [6.45, 7) is 0.679. The number of hydrogen-bond acceptors (Lipinski definition) is 5. The molecule has 6 heteroatoms. The molecule has 3 rings (SSSR count). The van der Waals surface area contributed by atoms with Crippen LogP contribution in [-0.4, -0.2) is 41.2 Å². The largest absolute Gasteiger partial charge is 0.493 e. The Kier molecular flexibility index (Phi) is 4.34. The molecule has 1 saturated carbocycles. The third kappa shape index (κ3) is 3.75. The van der Waals surface area contributed by atoms with Crippen molar-refractivity contribution in [1.82, 2.24) is 0 Å². The highest BCUT2D eigenvalue weighted by atomic mass is 32.2. The predicted octanol–water partition coefficient (Wildman–Crippen LogP) is 3.09. The number of rotatable bonds is 7. The Bertz CT molecular complexity index is 857. The molecule has 1 fully saturated rings. The van der Waals surface area contributed by atoms with Gasteiger partial charge in [-0.05, 0) is 47.9 Å². The van der Waals surface area contributed by atoms with E-state index in [2.05, 4.69) is 5.32 Å². The molecule has 0 heterocycles. The van der Waals surface area contributed by atoms with E-state index < -0.39 is 9.84 Å². The number of sulfone groups is 1. The van der Waals surface area contributed by atoms with Crippen molar-refractivity contribution in [3.63, 3.8) is 0 Å². The fourth-order valence-electron chi connectivity index (χ4n) is 3.08. The summed E-state index contributed by atoms with van der Waals surface area (Å²) in [4.78, 5) is 0. The smallest absolute Gasteiger partial charge is 0.161 e. The van der Waals surface area contributed by atoms with Gasteiger partial charge in [0.25, 0.3) is 0 Å². The van der Waals surface area contributed by atoms with Gasteiger partial charge >= 0.3 is 0 Å². The van der Waals surface area contributed by atoms with E-state index in [1.54, 1.807) is 14.2 Å². The molecule has 0 unspecified atom stereocenters. The van der Waals surface area contributed by atoms with Crippen LogP contribution in [0.25, 0.3) is 10.8 Å². The van der Waals surface area contributed by atoms with Gasteiger partial charge in [0.15, 0.2) is 11.5 Å². The van der Waals surface area contributed by atoms with Crippen molar-refractivity contribution in [2.24, 2.45) is 5.41 Å². The Labute approximate surface area is 142 Å². The Hall–Kier alpha value is -1.95. The van der Waals surface area contributed by atoms with Crippen molar-refractivity contribution in [1.29, 1.82) is 0 Å². The second-order valence-electron chi connectivity index (χ2n) is 6.69. The molecule has 1 aliphatic rings. The van der Waals surface area contributed by atoms with E-state index in [0.717, 1.165) is 29.3 Å². The molecule has 0 saturated heterocycles. The van der Waals surface area contributed by atoms with Crippen molar-refractivity contribution in [2.45, 2.75) is 12.8 Å². The first-order chi connectivity index (χ1) is 11.3. The number of fused-ring (bicyclic) bond motifs is 1. The van der Waals surface area contributed by atoms with Crippen molar-refractivity contribution in [3.05, 3.63) is 30.3 Å². The average Bonchev–Trinajstić information content (AvgIpc) is 3.29. The van der Waals surface area contributed by atoms with Crippen LogP contribution in [0.4, 0.5) is 5.69 Å². The number of hydrogen-bond donors (Lipinski definition) is 1. The van der Waals surface area contributed by atoms with Crippen molar-refractivity contribution < 1.29 is 17.9 Å². The van der Waals surface area contributed by atoms with Crippen LogP contribution in [0.2, 0.25) is 0 Å². The zero-order chi connectivity index (χ0) is 17.4. The number of benzene rings is 2. The molecule has 1 aliphatic carbocycles. The van der Waals surface area contributed by atoms with E-state index in [9.17, 15) is 8.42 Å². The molecule has 0 aliphatic heterocycles. The Morgan fingerprint density at radius 2 is 1.67 bits per heavy atom. The normalized spacial score (nSPS) is 16.0. The topological polar surface area (TPSA) is 64.6 Å². The van der Waals surface area contributed by atoms with Gasteiger partial charge in [-0.1, -0.05) is 6.07 Å². The molecule has 0 aromatic heterocycles. The first kappa shape index (κ1) is 16.9. The van der Waals surface area contributed by atoms with E-state index in [0.29, 0.717) is 18.0 Å². The highest BCUT2D eigenvalue weighted by Crippen LogP contribution is 2.46. The molecular formula is C18H23NO4S. The molecule has 2 aromatic carbocycles. The third-order valence-corrected chi connectivity index (χ3v) is 5.67. The lowest BCUT2D eigenvalue weighted by molar-refractivity contribution is 0.356. The van der Waals surface area contributed by atoms with Gasteiger partial charge < -0.3 is 14.8 Å². The molecule has 0 radical (unpaired) electrons. The van der Waals surface area contributed by atoms with Crippen LogP contribution in [0.5, 0.6) is 11.5 Å². The molecule has 0 bridgehead atoms. The number of anilines is 1. The second-order valence-corrected chi connectivity index (χ2v) is 8.83. The monoisotopic (exact) mass is 349 g/mol. The Morgan fingerprint density at radius 1 is 1.04 bits per heavy atom. The summed E-state index contributed by atoms with van der Waals surface area (Å²) in [5.41, 5.74) is 0.884. The summed E-state index contributed by atoms with van der Waals surface area (Å²) in [5.74, 6) is 1.65.